The van der Waals surface area contributed by atoms with Crippen molar-refractivity contribution < 1.29 is 18.0 Å². The third kappa shape index (κ3) is 5.55. The van der Waals surface area contributed by atoms with Crippen LogP contribution in [0.5, 0.6) is 0 Å². The molecule has 2 heterocycles. The van der Waals surface area contributed by atoms with Gasteiger partial charge in [0.1, 0.15) is 15.9 Å². The summed E-state index contributed by atoms with van der Waals surface area (Å²) in [6.07, 6.45) is 2.58. The summed E-state index contributed by atoms with van der Waals surface area (Å²) in [5.41, 5.74) is 1.60. The molecule has 1 atom stereocenters. The first-order chi connectivity index (χ1) is 16.0. The number of hydrogen-bond acceptors (Lipinski definition) is 7. The average molecular weight is 488 g/mol. The maximum Gasteiger partial charge on any atom is 0.243 e. The average Bonchev–Trinajstić information content (AvgIpc) is 3.31. The van der Waals surface area contributed by atoms with E-state index in [1.54, 1.807) is 17.0 Å². The summed E-state index contributed by atoms with van der Waals surface area (Å²) in [6.45, 7) is 0.644. The Morgan fingerprint density at radius 2 is 1.91 bits per heavy atom. The van der Waals surface area contributed by atoms with Crippen molar-refractivity contribution >= 4 is 44.6 Å². The predicted molar refractivity (Wildman–Crippen MR) is 125 cm³/mol. The molecule has 2 amide bonds. The highest BCUT2D eigenvalue weighted by Crippen LogP contribution is 2.26. The monoisotopic (exact) mass is 487 g/mol. The van der Waals surface area contributed by atoms with Gasteiger partial charge in [0.05, 0.1) is 30.7 Å². The predicted octanol–water partition coefficient (Wildman–Crippen LogP) is 2.23. The van der Waals surface area contributed by atoms with E-state index < -0.39 is 22.6 Å². The van der Waals surface area contributed by atoms with Crippen LogP contribution >= 0.6 is 11.7 Å². The number of carbonyl (C=O) groups is 2. The normalized spacial score (nSPS) is 18.1. The van der Waals surface area contributed by atoms with E-state index in [1.165, 1.54) is 6.07 Å². The second kappa shape index (κ2) is 10.4. The van der Waals surface area contributed by atoms with Gasteiger partial charge in [-0.1, -0.05) is 36.4 Å². The summed E-state index contributed by atoms with van der Waals surface area (Å²) in [4.78, 5) is 27.4. The van der Waals surface area contributed by atoms with Crippen LogP contribution in [-0.2, 0) is 19.6 Å². The molecule has 0 radical (unpaired) electrons. The molecule has 11 heteroatoms. The summed E-state index contributed by atoms with van der Waals surface area (Å²) < 4.78 is 36.5. The molecule has 4 rings (SSSR count). The van der Waals surface area contributed by atoms with Crippen LogP contribution in [0.1, 0.15) is 37.3 Å². The van der Waals surface area contributed by atoms with Crippen molar-refractivity contribution in [3.8, 4) is 0 Å². The van der Waals surface area contributed by atoms with Crippen molar-refractivity contribution in [1.82, 2.24) is 23.7 Å². The number of hydrogen-bond donors (Lipinski definition) is 2. The topological polar surface area (TPSA) is 121 Å². The van der Waals surface area contributed by atoms with E-state index in [-0.39, 0.29) is 28.6 Å². The molecule has 1 aliphatic rings. The number of rotatable bonds is 5. The number of nitrogens with one attached hydrogen (secondary N) is 2. The largest absolute Gasteiger partial charge is 0.356 e. The minimum Gasteiger partial charge on any atom is -0.356 e. The van der Waals surface area contributed by atoms with Crippen molar-refractivity contribution in [2.24, 2.45) is 0 Å². The fourth-order valence-electron chi connectivity index (χ4n) is 3.93. The SMILES string of the molecule is O=C1CC(c2ccccc2)N(C(=O)CNS(=O)(=O)c2cccc3nsnc23)CCCCCN1. The first kappa shape index (κ1) is 23.3. The van der Waals surface area contributed by atoms with Gasteiger partial charge >= 0.3 is 0 Å². The van der Waals surface area contributed by atoms with E-state index in [9.17, 15) is 18.0 Å². The fraction of sp³-hybridized carbons (Fsp3) is 0.364. The molecule has 9 nitrogen and oxygen atoms in total. The zero-order valence-electron chi connectivity index (χ0n) is 17.9. The van der Waals surface area contributed by atoms with Gasteiger partial charge in [0.2, 0.25) is 21.8 Å². The number of sulfonamides is 1. The standard InChI is InChI=1S/C22H25N5O4S2/c28-20-14-18(16-8-3-1-4-9-16)27(13-6-2-5-12-23-20)21(29)15-24-33(30,31)19-11-7-10-17-22(19)26-32-25-17/h1,3-4,7-11,18,24H,2,5-6,12-15H2,(H,23,28). The van der Waals surface area contributed by atoms with E-state index in [2.05, 4.69) is 18.8 Å². The van der Waals surface area contributed by atoms with Gasteiger partial charge in [0, 0.05) is 13.1 Å². The zero-order chi connectivity index (χ0) is 23.3. The van der Waals surface area contributed by atoms with Gasteiger partial charge in [-0.2, -0.15) is 8.75 Å². The Bertz CT molecular complexity index is 1230. The number of benzene rings is 2. The van der Waals surface area contributed by atoms with Crippen molar-refractivity contribution in [2.45, 2.75) is 36.6 Å². The highest BCUT2D eigenvalue weighted by atomic mass is 32.2. The number of fused-ring (bicyclic) bond motifs is 1. The van der Waals surface area contributed by atoms with Gasteiger partial charge in [0.15, 0.2) is 0 Å². The van der Waals surface area contributed by atoms with Crippen LogP contribution in [0.4, 0.5) is 0 Å². The Hall–Kier alpha value is -2.89. The van der Waals surface area contributed by atoms with Gasteiger partial charge in [-0.3, -0.25) is 9.59 Å². The molecule has 3 aromatic rings. The second-order valence-electron chi connectivity index (χ2n) is 7.84. The Morgan fingerprint density at radius 1 is 1.09 bits per heavy atom. The van der Waals surface area contributed by atoms with Crippen molar-refractivity contribution in [2.75, 3.05) is 19.6 Å². The van der Waals surface area contributed by atoms with Gasteiger partial charge in [-0.15, -0.1) is 0 Å². The molecule has 1 aliphatic heterocycles. The molecule has 0 saturated carbocycles. The molecular formula is C22H25N5O4S2. The van der Waals surface area contributed by atoms with Crippen LogP contribution in [0.3, 0.4) is 0 Å². The maximum atomic E-state index is 13.3. The Kier molecular flexibility index (Phi) is 7.31. The molecule has 174 valence electrons. The van der Waals surface area contributed by atoms with Gasteiger partial charge in [0.25, 0.3) is 0 Å². The fourth-order valence-corrected chi connectivity index (χ4v) is 5.67. The maximum absolute atomic E-state index is 13.3. The van der Waals surface area contributed by atoms with Gasteiger partial charge in [-0.05, 0) is 37.0 Å². The molecule has 1 fully saturated rings. The molecular weight excluding hydrogens is 462 g/mol. The van der Waals surface area contributed by atoms with Crippen LogP contribution < -0.4 is 10.0 Å². The van der Waals surface area contributed by atoms with Gasteiger partial charge in [-0.25, -0.2) is 13.1 Å². The highest BCUT2D eigenvalue weighted by Gasteiger charge is 2.29. The minimum atomic E-state index is -3.99. The smallest absolute Gasteiger partial charge is 0.243 e. The molecule has 2 N–H and O–H groups in total. The lowest BCUT2D eigenvalue weighted by Gasteiger charge is -2.33. The number of aromatic nitrogens is 2. The van der Waals surface area contributed by atoms with E-state index in [0.717, 1.165) is 36.6 Å². The molecule has 33 heavy (non-hydrogen) atoms. The Balaban J connectivity index is 1.56. The summed E-state index contributed by atoms with van der Waals surface area (Å²) >= 11 is 0.931. The first-order valence-corrected chi connectivity index (χ1v) is 13.0. The molecule has 1 aromatic heterocycles. The molecule has 0 aliphatic carbocycles. The van der Waals surface area contributed by atoms with Crippen LogP contribution in [-0.4, -0.2) is 53.5 Å². The van der Waals surface area contributed by atoms with Crippen molar-refractivity contribution in [3.63, 3.8) is 0 Å². The lowest BCUT2D eigenvalue weighted by Crippen LogP contribution is -2.44. The van der Waals surface area contributed by atoms with Crippen LogP contribution in [0.2, 0.25) is 0 Å². The molecule has 0 bridgehead atoms. The third-order valence-electron chi connectivity index (χ3n) is 5.61. The number of amides is 2. The number of carbonyl (C=O) groups excluding carboxylic acids is 2. The third-order valence-corrected chi connectivity index (χ3v) is 7.58. The van der Waals surface area contributed by atoms with E-state index >= 15 is 0 Å². The number of nitrogens with zero attached hydrogens (tertiary/aromatic N) is 3. The summed E-state index contributed by atoms with van der Waals surface area (Å²) in [5.74, 6) is -0.517. The quantitative estimate of drug-likeness (QED) is 0.569. The van der Waals surface area contributed by atoms with E-state index in [0.29, 0.717) is 18.6 Å². The highest BCUT2D eigenvalue weighted by molar-refractivity contribution is 7.89. The second-order valence-corrected chi connectivity index (χ2v) is 10.1. The van der Waals surface area contributed by atoms with Crippen molar-refractivity contribution in [1.29, 1.82) is 0 Å². The first-order valence-electron chi connectivity index (χ1n) is 10.8. The molecule has 1 unspecified atom stereocenters. The summed E-state index contributed by atoms with van der Waals surface area (Å²) in [5, 5.41) is 2.90. The van der Waals surface area contributed by atoms with Crippen LogP contribution in [0, 0.1) is 0 Å². The Morgan fingerprint density at radius 3 is 2.73 bits per heavy atom. The molecule has 1 saturated heterocycles. The van der Waals surface area contributed by atoms with Crippen LogP contribution in [0.25, 0.3) is 11.0 Å². The molecule has 2 aromatic carbocycles. The Labute approximate surface area is 196 Å². The zero-order valence-corrected chi connectivity index (χ0v) is 19.6. The minimum absolute atomic E-state index is 0.0125. The summed E-state index contributed by atoms with van der Waals surface area (Å²) in [6, 6.07) is 13.6. The lowest BCUT2D eigenvalue weighted by atomic mass is 10.00. The van der Waals surface area contributed by atoms with Gasteiger partial charge < -0.3 is 10.2 Å². The van der Waals surface area contributed by atoms with E-state index in [1.807, 2.05) is 30.3 Å². The van der Waals surface area contributed by atoms with Crippen LogP contribution in [0.15, 0.2) is 53.4 Å². The van der Waals surface area contributed by atoms with Crippen molar-refractivity contribution in [3.05, 3.63) is 54.1 Å². The lowest BCUT2D eigenvalue weighted by molar-refractivity contribution is -0.134. The van der Waals surface area contributed by atoms with E-state index in [4.69, 9.17) is 0 Å². The molecule has 0 spiro atoms. The summed E-state index contributed by atoms with van der Waals surface area (Å²) in [7, 11) is -3.99.